The lowest BCUT2D eigenvalue weighted by molar-refractivity contribution is 0.615. The molecule has 0 bridgehead atoms. The molecule has 84 valence electrons. The summed E-state index contributed by atoms with van der Waals surface area (Å²) in [6, 6.07) is 11.1. The second-order valence-corrected chi connectivity index (χ2v) is 4.34. The third-order valence-electron chi connectivity index (χ3n) is 3.25. The maximum atomic E-state index is 11.7. The highest BCUT2D eigenvalue weighted by Crippen LogP contribution is 2.28. The summed E-state index contributed by atoms with van der Waals surface area (Å²) in [7, 11) is 0. The first-order chi connectivity index (χ1) is 8.16. The van der Waals surface area contributed by atoms with E-state index in [0.717, 1.165) is 16.5 Å². The minimum absolute atomic E-state index is 0.00591. The van der Waals surface area contributed by atoms with Crippen molar-refractivity contribution in [3.05, 3.63) is 57.7 Å². The van der Waals surface area contributed by atoms with E-state index in [9.17, 15) is 4.79 Å². The molecule has 0 saturated heterocycles. The second kappa shape index (κ2) is 3.45. The van der Waals surface area contributed by atoms with Gasteiger partial charge in [-0.05, 0) is 43.2 Å². The quantitative estimate of drug-likeness (QED) is 0.547. The van der Waals surface area contributed by atoms with Crippen LogP contribution < -0.4 is 5.43 Å². The second-order valence-electron chi connectivity index (χ2n) is 4.34. The van der Waals surface area contributed by atoms with Crippen molar-refractivity contribution in [2.24, 2.45) is 0 Å². The minimum Gasteiger partial charge on any atom is -0.456 e. The Kier molecular flexibility index (Phi) is 2.05. The predicted molar refractivity (Wildman–Crippen MR) is 68.6 cm³/mol. The molecule has 2 nitrogen and oxygen atoms in total. The van der Waals surface area contributed by atoms with Gasteiger partial charge >= 0.3 is 0 Å². The highest BCUT2D eigenvalue weighted by atomic mass is 16.3. The summed E-state index contributed by atoms with van der Waals surface area (Å²) in [4.78, 5) is 11.7. The third kappa shape index (κ3) is 1.45. The fraction of sp³-hybridized carbons (Fsp3) is 0.133. The van der Waals surface area contributed by atoms with E-state index in [-0.39, 0.29) is 5.43 Å². The molecule has 0 unspecified atom stereocenters. The fourth-order valence-electron chi connectivity index (χ4n) is 2.08. The van der Waals surface area contributed by atoms with Crippen LogP contribution in [0, 0.1) is 13.8 Å². The molecule has 0 atom stereocenters. The summed E-state index contributed by atoms with van der Waals surface area (Å²) >= 11 is 0. The Morgan fingerprint density at radius 2 is 1.88 bits per heavy atom. The van der Waals surface area contributed by atoms with Crippen LogP contribution >= 0.6 is 0 Å². The van der Waals surface area contributed by atoms with Crippen LogP contribution in [0.5, 0.6) is 0 Å². The van der Waals surface area contributed by atoms with Gasteiger partial charge in [-0.25, -0.2) is 0 Å². The van der Waals surface area contributed by atoms with Crippen molar-refractivity contribution in [1.29, 1.82) is 0 Å². The van der Waals surface area contributed by atoms with E-state index in [1.807, 2.05) is 31.2 Å². The highest BCUT2D eigenvalue weighted by Gasteiger charge is 2.11. The van der Waals surface area contributed by atoms with Crippen molar-refractivity contribution in [3.63, 3.8) is 0 Å². The van der Waals surface area contributed by atoms with Gasteiger partial charge in [-0.1, -0.05) is 18.2 Å². The van der Waals surface area contributed by atoms with Crippen LogP contribution in [0.15, 0.2) is 45.6 Å². The molecule has 0 spiro atoms. The monoisotopic (exact) mass is 224 g/mol. The number of aryl methyl sites for hydroxylation is 2. The standard InChI is InChI=1S/C15H12O2/c1-9-6-7-11-8-12-13(16)4-3-5-14(12)17-15(11)10(9)2/h3-8H,1-2H3. The number of benzene rings is 2. The van der Waals surface area contributed by atoms with Crippen LogP contribution in [0.25, 0.3) is 22.3 Å². The SMILES string of the molecule is Cc1ccc2cc3c(=O)cccc-3oc2c1C. The van der Waals surface area contributed by atoms with Crippen molar-refractivity contribution in [1.82, 2.24) is 0 Å². The number of fused-ring (bicyclic) bond motifs is 2. The van der Waals surface area contributed by atoms with E-state index in [2.05, 4.69) is 6.92 Å². The number of hydrogen-bond acceptors (Lipinski definition) is 2. The maximum absolute atomic E-state index is 11.7. The van der Waals surface area contributed by atoms with Crippen LogP contribution in [0.3, 0.4) is 0 Å². The zero-order chi connectivity index (χ0) is 12.0. The zero-order valence-electron chi connectivity index (χ0n) is 9.78. The van der Waals surface area contributed by atoms with Crippen LogP contribution in [-0.2, 0) is 0 Å². The number of rotatable bonds is 0. The molecule has 2 heteroatoms. The zero-order valence-corrected chi connectivity index (χ0v) is 9.78. The molecule has 1 aliphatic heterocycles. The fourth-order valence-corrected chi connectivity index (χ4v) is 2.08. The lowest BCUT2D eigenvalue weighted by Gasteiger charge is -2.09. The predicted octanol–water partition coefficient (Wildman–Crippen LogP) is 3.51. The van der Waals surface area contributed by atoms with Gasteiger partial charge in [-0.3, -0.25) is 4.79 Å². The highest BCUT2D eigenvalue weighted by molar-refractivity contribution is 5.85. The molecule has 0 N–H and O–H groups in total. The van der Waals surface area contributed by atoms with Crippen molar-refractivity contribution >= 4 is 11.0 Å². The summed E-state index contributed by atoms with van der Waals surface area (Å²) in [5.41, 5.74) is 3.83. The van der Waals surface area contributed by atoms with E-state index in [1.165, 1.54) is 5.56 Å². The van der Waals surface area contributed by atoms with Crippen LogP contribution in [0.2, 0.25) is 0 Å². The van der Waals surface area contributed by atoms with Gasteiger partial charge in [0.25, 0.3) is 0 Å². The first-order valence-electron chi connectivity index (χ1n) is 5.59. The van der Waals surface area contributed by atoms with Crippen molar-refractivity contribution in [2.45, 2.75) is 13.8 Å². The Hall–Kier alpha value is -2.09. The molecule has 17 heavy (non-hydrogen) atoms. The molecular weight excluding hydrogens is 212 g/mol. The minimum atomic E-state index is 0.00591. The van der Waals surface area contributed by atoms with Crippen LogP contribution in [0.4, 0.5) is 0 Å². The van der Waals surface area contributed by atoms with E-state index in [4.69, 9.17) is 4.42 Å². The van der Waals surface area contributed by atoms with Crippen LogP contribution in [-0.4, -0.2) is 0 Å². The van der Waals surface area contributed by atoms with Crippen molar-refractivity contribution < 1.29 is 4.42 Å². The summed E-state index contributed by atoms with van der Waals surface area (Å²) in [6.07, 6.45) is 0. The average molecular weight is 224 g/mol. The first kappa shape index (κ1) is 10.1. The Labute approximate surface area is 98.8 Å². The summed E-state index contributed by atoms with van der Waals surface area (Å²) in [5.74, 6) is 0.652. The molecule has 0 saturated carbocycles. The van der Waals surface area contributed by atoms with Gasteiger partial charge in [-0.2, -0.15) is 0 Å². The molecule has 1 aromatic rings. The molecule has 0 radical (unpaired) electrons. The van der Waals surface area contributed by atoms with Gasteiger partial charge < -0.3 is 4.42 Å². The van der Waals surface area contributed by atoms with Gasteiger partial charge in [0.1, 0.15) is 11.3 Å². The summed E-state index contributed by atoms with van der Waals surface area (Å²) in [6.45, 7) is 4.09. The lowest BCUT2D eigenvalue weighted by Crippen LogP contribution is -2.03. The van der Waals surface area contributed by atoms with Gasteiger partial charge in [0.05, 0.1) is 5.56 Å². The maximum Gasteiger partial charge on any atom is 0.189 e. The van der Waals surface area contributed by atoms with Crippen LogP contribution in [0.1, 0.15) is 11.1 Å². The normalized spacial score (nSPS) is 11.2. The molecular formula is C15H12O2. The molecule has 1 heterocycles. The molecule has 0 fully saturated rings. The molecule has 2 aliphatic rings. The van der Waals surface area contributed by atoms with E-state index >= 15 is 0 Å². The molecule has 3 rings (SSSR count). The Morgan fingerprint density at radius 3 is 2.71 bits per heavy atom. The molecule has 0 amide bonds. The van der Waals surface area contributed by atoms with E-state index in [1.54, 1.807) is 12.1 Å². The number of hydrogen-bond donors (Lipinski definition) is 0. The van der Waals surface area contributed by atoms with Gasteiger partial charge in [0.2, 0.25) is 0 Å². The summed E-state index contributed by atoms with van der Waals surface area (Å²) in [5, 5.41) is 0.976. The topological polar surface area (TPSA) is 30.2 Å². The Morgan fingerprint density at radius 1 is 1.06 bits per heavy atom. The lowest BCUT2D eigenvalue weighted by atomic mass is 10.0. The average Bonchev–Trinajstić information content (AvgIpc) is 2.33. The molecule has 1 aromatic carbocycles. The molecule has 1 aliphatic carbocycles. The van der Waals surface area contributed by atoms with Crippen molar-refractivity contribution in [3.8, 4) is 11.3 Å². The van der Waals surface area contributed by atoms with E-state index < -0.39 is 0 Å². The van der Waals surface area contributed by atoms with E-state index in [0.29, 0.717) is 11.3 Å². The Bertz CT molecular complexity index is 738. The summed E-state index contributed by atoms with van der Waals surface area (Å²) < 4.78 is 5.84. The smallest absolute Gasteiger partial charge is 0.189 e. The Balaban J connectivity index is 2.54. The first-order valence-corrected chi connectivity index (χ1v) is 5.59. The van der Waals surface area contributed by atoms with Gasteiger partial charge in [0, 0.05) is 5.39 Å². The molecule has 0 aromatic heterocycles. The largest absolute Gasteiger partial charge is 0.456 e. The van der Waals surface area contributed by atoms with Crippen molar-refractivity contribution in [2.75, 3.05) is 0 Å². The van der Waals surface area contributed by atoms with Gasteiger partial charge in [-0.15, -0.1) is 0 Å². The third-order valence-corrected chi connectivity index (χ3v) is 3.25. The van der Waals surface area contributed by atoms with Gasteiger partial charge in [0.15, 0.2) is 5.43 Å².